The molecule has 1 fully saturated rings. The molecule has 17 heavy (non-hydrogen) atoms. The number of amides is 1. The molecule has 3 N–H and O–H groups in total. The number of rotatable bonds is 3. The standard InChI is InChI=1S/C11H19F3N2O/c1-7-2-3-8(15)6-9(7)10(17)16-5-4-11(12,13)14/h7-9H,2-6,15H2,1H3,(H,16,17). The van der Waals surface area contributed by atoms with E-state index in [1.807, 2.05) is 6.92 Å². The van der Waals surface area contributed by atoms with Crippen LogP contribution in [0, 0.1) is 11.8 Å². The molecule has 100 valence electrons. The molecule has 0 aromatic rings. The molecule has 0 aromatic carbocycles. The quantitative estimate of drug-likeness (QED) is 0.805. The highest BCUT2D eigenvalue weighted by molar-refractivity contribution is 5.79. The van der Waals surface area contributed by atoms with Crippen LogP contribution in [0.4, 0.5) is 13.2 Å². The van der Waals surface area contributed by atoms with E-state index in [9.17, 15) is 18.0 Å². The predicted octanol–water partition coefficient (Wildman–Crippen LogP) is 1.82. The third-order valence-corrected chi connectivity index (χ3v) is 3.28. The van der Waals surface area contributed by atoms with Gasteiger partial charge in [-0.15, -0.1) is 0 Å². The van der Waals surface area contributed by atoms with Crippen molar-refractivity contribution < 1.29 is 18.0 Å². The van der Waals surface area contributed by atoms with Crippen LogP contribution in [0.3, 0.4) is 0 Å². The summed E-state index contributed by atoms with van der Waals surface area (Å²) in [7, 11) is 0. The minimum Gasteiger partial charge on any atom is -0.356 e. The average molecular weight is 252 g/mol. The Hall–Kier alpha value is -0.780. The summed E-state index contributed by atoms with van der Waals surface area (Å²) < 4.78 is 35.7. The van der Waals surface area contributed by atoms with Gasteiger partial charge in [0.15, 0.2) is 0 Å². The zero-order valence-electron chi connectivity index (χ0n) is 9.89. The zero-order valence-corrected chi connectivity index (χ0v) is 9.89. The molecule has 0 spiro atoms. The lowest BCUT2D eigenvalue weighted by Gasteiger charge is -2.31. The van der Waals surface area contributed by atoms with Gasteiger partial charge in [-0.1, -0.05) is 6.92 Å². The van der Waals surface area contributed by atoms with Crippen molar-refractivity contribution in [2.75, 3.05) is 6.54 Å². The van der Waals surface area contributed by atoms with Crippen molar-refractivity contribution in [3.63, 3.8) is 0 Å². The van der Waals surface area contributed by atoms with E-state index in [1.165, 1.54) is 0 Å². The van der Waals surface area contributed by atoms with Crippen molar-refractivity contribution in [2.24, 2.45) is 17.6 Å². The third-order valence-electron chi connectivity index (χ3n) is 3.28. The topological polar surface area (TPSA) is 55.1 Å². The van der Waals surface area contributed by atoms with E-state index in [2.05, 4.69) is 5.32 Å². The SMILES string of the molecule is CC1CCC(N)CC1C(=O)NCCC(F)(F)F. The fourth-order valence-corrected chi connectivity index (χ4v) is 2.18. The molecule has 3 nitrogen and oxygen atoms in total. The molecule has 6 heteroatoms. The third kappa shape index (κ3) is 4.93. The van der Waals surface area contributed by atoms with E-state index in [-0.39, 0.29) is 30.3 Å². The number of halogens is 3. The van der Waals surface area contributed by atoms with E-state index < -0.39 is 12.6 Å². The van der Waals surface area contributed by atoms with Gasteiger partial charge in [0, 0.05) is 18.5 Å². The molecule has 3 atom stereocenters. The van der Waals surface area contributed by atoms with Gasteiger partial charge in [0.05, 0.1) is 6.42 Å². The molecule has 3 unspecified atom stereocenters. The van der Waals surface area contributed by atoms with Gasteiger partial charge in [-0.05, 0) is 25.2 Å². The fraction of sp³-hybridized carbons (Fsp3) is 0.909. The highest BCUT2D eigenvalue weighted by Gasteiger charge is 2.32. The van der Waals surface area contributed by atoms with Crippen LogP contribution in [-0.2, 0) is 4.79 Å². The maximum absolute atomic E-state index is 11.9. The van der Waals surface area contributed by atoms with Crippen molar-refractivity contribution >= 4 is 5.91 Å². The van der Waals surface area contributed by atoms with Crippen LogP contribution in [0.1, 0.15) is 32.6 Å². The molecule has 0 aliphatic heterocycles. The largest absolute Gasteiger partial charge is 0.390 e. The van der Waals surface area contributed by atoms with Crippen LogP contribution in [0.15, 0.2) is 0 Å². The minimum atomic E-state index is -4.22. The highest BCUT2D eigenvalue weighted by Crippen LogP contribution is 2.29. The lowest BCUT2D eigenvalue weighted by atomic mass is 9.78. The molecule has 1 aliphatic rings. The number of carbonyl (C=O) groups excluding carboxylic acids is 1. The Kier molecular flexibility index (Phi) is 4.80. The summed E-state index contributed by atoms with van der Waals surface area (Å²) in [5.74, 6) is -0.343. The first-order chi connectivity index (χ1) is 7.79. The van der Waals surface area contributed by atoms with Gasteiger partial charge in [0.2, 0.25) is 5.91 Å². The molecule has 1 amide bonds. The normalized spacial score (nSPS) is 30.1. The molecule has 0 radical (unpaired) electrons. The number of hydrogen-bond acceptors (Lipinski definition) is 2. The van der Waals surface area contributed by atoms with Gasteiger partial charge in [0.25, 0.3) is 0 Å². The zero-order chi connectivity index (χ0) is 13.1. The molecule has 1 aliphatic carbocycles. The van der Waals surface area contributed by atoms with Gasteiger partial charge < -0.3 is 11.1 Å². The molecule has 0 saturated heterocycles. The Labute approximate surface area is 98.9 Å². The summed E-state index contributed by atoms with van der Waals surface area (Å²) in [6, 6.07) is -0.00966. The van der Waals surface area contributed by atoms with Crippen LogP contribution < -0.4 is 11.1 Å². The van der Waals surface area contributed by atoms with E-state index in [1.54, 1.807) is 0 Å². The van der Waals surface area contributed by atoms with E-state index in [4.69, 9.17) is 5.73 Å². The van der Waals surface area contributed by atoms with Gasteiger partial charge >= 0.3 is 6.18 Å². The first-order valence-electron chi connectivity index (χ1n) is 5.89. The molecular weight excluding hydrogens is 233 g/mol. The van der Waals surface area contributed by atoms with Crippen LogP contribution in [0.25, 0.3) is 0 Å². The van der Waals surface area contributed by atoms with Crippen LogP contribution in [0.2, 0.25) is 0 Å². The molecule has 1 rings (SSSR count). The van der Waals surface area contributed by atoms with Gasteiger partial charge in [-0.2, -0.15) is 13.2 Å². The molecular formula is C11H19F3N2O. The van der Waals surface area contributed by atoms with E-state index >= 15 is 0 Å². The van der Waals surface area contributed by atoms with Gasteiger partial charge in [-0.25, -0.2) is 0 Å². The van der Waals surface area contributed by atoms with E-state index in [0.717, 1.165) is 12.8 Å². The number of nitrogens with two attached hydrogens (primary N) is 1. The average Bonchev–Trinajstić information content (AvgIpc) is 2.19. The summed E-state index contributed by atoms with van der Waals surface area (Å²) >= 11 is 0. The fourth-order valence-electron chi connectivity index (χ4n) is 2.18. The molecule has 1 saturated carbocycles. The van der Waals surface area contributed by atoms with Crippen molar-refractivity contribution in [1.29, 1.82) is 0 Å². The smallest absolute Gasteiger partial charge is 0.356 e. The molecule has 0 heterocycles. The summed E-state index contributed by atoms with van der Waals surface area (Å²) in [5, 5.41) is 2.35. The van der Waals surface area contributed by atoms with Crippen molar-refractivity contribution in [2.45, 2.75) is 44.8 Å². The van der Waals surface area contributed by atoms with Crippen LogP contribution in [0.5, 0.6) is 0 Å². The Bertz CT molecular complexity index is 268. The summed E-state index contributed by atoms with van der Waals surface area (Å²) in [5.41, 5.74) is 5.76. The predicted molar refractivity (Wildman–Crippen MR) is 58.2 cm³/mol. The summed E-state index contributed by atoms with van der Waals surface area (Å²) in [6.45, 7) is 1.60. The van der Waals surface area contributed by atoms with Gasteiger partial charge in [-0.3, -0.25) is 4.79 Å². The summed E-state index contributed by atoms with van der Waals surface area (Å²) in [4.78, 5) is 11.7. The maximum atomic E-state index is 11.9. The Morgan fingerprint density at radius 2 is 2.06 bits per heavy atom. The maximum Gasteiger partial charge on any atom is 0.390 e. The second kappa shape index (κ2) is 5.71. The Morgan fingerprint density at radius 3 is 2.65 bits per heavy atom. The van der Waals surface area contributed by atoms with Crippen LogP contribution in [-0.4, -0.2) is 24.7 Å². The van der Waals surface area contributed by atoms with Gasteiger partial charge in [0.1, 0.15) is 0 Å². The molecule has 0 bridgehead atoms. The number of hydrogen-bond donors (Lipinski definition) is 2. The highest BCUT2D eigenvalue weighted by atomic mass is 19.4. The van der Waals surface area contributed by atoms with Crippen molar-refractivity contribution in [1.82, 2.24) is 5.32 Å². The first kappa shape index (κ1) is 14.3. The second-order valence-corrected chi connectivity index (χ2v) is 4.81. The number of nitrogens with one attached hydrogen (secondary N) is 1. The van der Waals surface area contributed by atoms with Crippen molar-refractivity contribution in [3.8, 4) is 0 Å². The second-order valence-electron chi connectivity index (χ2n) is 4.81. The van der Waals surface area contributed by atoms with Crippen LogP contribution >= 0.6 is 0 Å². The van der Waals surface area contributed by atoms with Crippen molar-refractivity contribution in [3.05, 3.63) is 0 Å². The first-order valence-corrected chi connectivity index (χ1v) is 5.89. The number of alkyl halides is 3. The number of carbonyl (C=O) groups is 1. The lowest BCUT2D eigenvalue weighted by molar-refractivity contribution is -0.137. The van der Waals surface area contributed by atoms with E-state index in [0.29, 0.717) is 6.42 Å². The monoisotopic (exact) mass is 252 g/mol. The Balaban J connectivity index is 2.36. The lowest BCUT2D eigenvalue weighted by Crippen LogP contribution is -2.42. The summed E-state index contributed by atoms with van der Waals surface area (Å²) in [6.07, 6.45) is -2.89. The molecule has 0 aromatic heterocycles. The minimum absolute atomic E-state index is 0.00966. The Morgan fingerprint density at radius 1 is 1.41 bits per heavy atom.